The summed E-state index contributed by atoms with van der Waals surface area (Å²) in [7, 11) is 1.23. The number of carbonyl (C=O) groups is 1. The molecule has 0 atom stereocenters. The molecule has 0 N–H and O–H groups in total. The second-order valence-electron chi connectivity index (χ2n) is 2.53. The van der Waals surface area contributed by atoms with Crippen molar-refractivity contribution >= 4 is 6.29 Å². The summed E-state index contributed by atoms with van der Waals surface area (Å²) < 4.78 is 29.8. The third-order valence-corrected chi connectivity index (χ3v) is 1.77. The van der Waals surface area contributed by atoms with Gasteiger partial charge in [-0.1, -0.05) is 0 Å². The Morgan fingerprint density at radius 3 is 2.73 bits per heavy atom. The smallest absolute Gasteiger partial charge is 0.267 e. The lowest BCUT2D eigenvalue weighted by molar-refractivity contribution is 0.110. The zero-order chi connectivity index (χ0) is 11.4. The largest absolute Gasteiger partial charge is 0.494 e. The van der Waals surface area contributed by atoms with Crippen molar-refractivity contribution in [3.05, 3.63) is 23.0 Å². The SMILES string of the molecule is COc1cnc(C=O)c(C(F)F)c1C#N. The number of ether oxygens (including phenoxy) is 1. The zero-order valence-corrected chi connectivity index (χ0v) is 7.70. The van der Waals surface area contributed by atoms with Crippen LogP contribution in [-0.4, -0.2) is 18.4 Å². The van der Waals surface area contributed by atoms with Crippen LogP contribution in [0.15, 0.2) is 6.20 Å². The Morgan fingerprint density at radius 1 is 1.67 bits per heavy atom. The first-order chi connectivity index (χ1) is 7.15. The number of aromatic nitrogens is 1. The normalized spacial score (nSPS) is 9.80. The van der Waals surface area contributed by atoms with Crippen LogP contribution < -0.4 is 4.74 Å². The van der Waals surface area contributed by atoms with E-state index in [1.54, 1.807) is 6.07 Å². The Morgan fingerprint density at radius 2 is 2.33 bits per heavy atom. The van der Waals surface area contributed by atoms with Crippen LogP contribution in [0.3, 0.4) is 0 Å². The maximum absolute atomic E-state index is 12.6. The lowest BCUT2D eigenvalue weighted by Crippen LogP contribution is -2.03. The zero-order valence-electron chi connectivity index (χ0n) is 7.70. The number of pyridine rings is 1. The quantitative estimate of drug-likeness (QED) is 0.715. The molecule has 0 bridgehead atoms. The first kappa shape index (κ1) is 11.0. The van der Waals surface area contributed by atoms with Gasteiger partial charge >= 0.3 is 0 Å². The Hall–Kier alpha value is -2.03. The molecule has 0 saturated heterocycles. The predicted octanol–water partition coefficient (Wildman–Crippen LogP) is 1.71. The number of halogens is 2. The van der Waals surface area contributed by atoms with Crippen LogP contribution in [0.5, 0.6) is 5.75 Å². The molecule has 0 aliphatic heterocycles. The highest BCUT2D eigenvalue weighted by atomic mass is 19.3. The minimum absolute atomic E-state index is 0.0709. The molecule has 0 unspecified atom stereocenters. The molecule has 1 aromatic rings. The Kier molecular flexibility index (Phi) is 3.29. The van der Waals surface area contributed by atoms with Crippen LogP contribution in [0.4, 0.5) is 8.78 Å². The van der Waals surface area contributed by atoms with Crippen molar-refractivity contribution in [2.45, 2.75) is 6.43 Å². The van der Waals surface area contributed by atoms with Crippen molar-refractivity contribution in [1.29, 1.82) is 5.26 Å². The van der Waals surface area contributed by atoms with E-state index in [-0.39, 0.29) is 17.6 Å². The molecule has 0 aromatic carbocycles. The van der Waals surface area contributed by atoms with Crippen molar-refractivity contribution in [3.8, 4) is 11.8 Å². The number of rotatable bonds is 3. The summed E-state index contributed by atoms with van der Waals surface area (Å²) in [4.78, 5) is 13.9. The van der Waals surface area contributed by atoms with Crippen molar-refractivity contribution < 1.29 is 18.3 Å². The molecule has 0 saturated carbocycles. The summed E-state index contributed by atoms with van der Waals surface area (Å²) in [5, 5.41) is 8.69. The van der Waals surface area contributed by atoms with Gasteiger partial charge in [-0.3, -0.25) is 4.79 Å². The maximum Gasteiger partial charge on any atom is 0.267 e. The summed E-state index contributed by atoms with van der Waals surface area (Å²) in [6.07, 6.45) is -1.70. The molecular formula is C9H6F2N2O2. The van der Waals surface area contributed by atoms with Crippen LogP contribution in [0.2, 0.25) is 0 Å². The molecular weight excluding hydrogens is 206 g/mol. The monoisotopic (exact) mass is 212 g/mol. The number of carbonyl (C=O) groups excluding carboxylic acids is 1. The van der Waals surface area contributed by atoms with Gasteiger partial charge in [-0.2, -0.15) is 5.26 Å². The Balaban J connectivity index is 3.53. The molecule has 0 spiro atoms. The fourth-order valence-electron chi connectivity index (χ4n) is 1.11. The van der Waals surface area contributed by atoms with Crippen LogP contribution in [-0.2, 0) is 0 Å². The first-order valence-electron chi connectivity index (χ1n) is 3.86. The second-order valence-corrected chi connectivity index (χ2v) is 2.53. The van der Waals surface area contributed by atoms with Crippen molar-refractivity contribution in [3.63, 3.8) is 0 Å². The fraction of sp³-hybridized carbons (Fsp3) is 0.222. The standard InChI is InChI=1S/C9H6F2N2O2/c1-15-7-3-13-6(4-14)8(9(10)11)5(7)2-12/h3-4,9H,1H3. The van der Waals surface area contributed by atoms with Gasteiger partial charge in [0.25, 0.3) is 6.43 Å². The molecule has 1 rings (SSSR count). The van der Waals surface area contributed by atoms with E-state index in [1.807, 2.05) is 0 Å². The van der Waals surface area contributed by atoms with E-state index in [2.05, 4.69) is 4.98 Å². The predicted molar refractivity (Wildman–Crippen MR) is 45.8 cm³/mol. The lowest BCUT2D eigenvalue weighted by Gasteiger charge is -2.08. The topological polar surface area (TPSA) is 63.0 Å². The molecule has 0 amide bonds. The van der Waals surface area contributed by atoms with E-state index in [0.717, 1.165) is 6.20 Å². The van der Waals surface area contributed by atoms with Crippen LogP contribution in [0, 0.1) is 11.3 Å². The van der Waals surface area contributed by atoms with E-state index >= 15 is 0 Å². The summed E-state index contributed by atoms with van der Waals surface area (Å²) in [5.74, 6) is -0.0709. The van der Waals surface area contributed by atoms with Gasteiger partial charge in [0.1, 0.15) is 17.3 Å². The number of nitrogens with zero attached hydrogens (tertiary/aromatic N) is 2. The van der Waals surface area contributed by atoms with Gasteiger partial charge < -0.3 is 4.74 Å². The van der Waals surface area contributed by atoms with Gasteiger partial charge in [0.05, 0.1) is 18.9 Å². The third-order valence-electron chi connectivity index (χ3n) is 1.77. The molecule has 0 radical (unpaired) electrons. The first-order valence-corrected chi connectivity index (χ1v) is 3.86. The molecule has 1 heterocycles. The molecule has 6 heteroatoms. The summed E-state index contributed by atoms with van der Waals surface area (Å²) in [6.45, 7) is 0. The fourth-order valence-corrected chi connectivity index (χ4v) is 1.11. The van der Waals surface area contributed by atoms with Gasteiger partial charge in [-0.25, -0.2) is 13.8 Å². The van der Waals surface area contributed by atoms with E-state index in [0.29, 0.717) is 0 Å². The van der Waals surface area contributed by atoms with Gasteiger partial charge in [-0.05, 0) is 0 Å². The number of hydrogen-bond donors (Lipinski definition) is 0. The molecule has 0 aliphatic rings. The van der Waals surface area contributed by atoms with Crippen molar-refractivity contribution in [2.24, 2.45) is 0 Å². The highest BCUT2D eigenvalue weighted by Crippen LogP contribution is 2.30. The molecule has 0 fully saturated rings. The summed E-state index contributed by atoms with van der Waals surface area (Å²) >= 11 is 0. The van der Waals surface area contributed by atoms with Crippen molar-refractivity contribution in [2.75, 3.05) is 7.11 Å². The average molecular weight is 212 g/mol. The van der Waals surface area contributed by atoms with E-state index in [4.69, 9.17) is 10.00 Å². The molecule has 1 aromatic heterocycles. The number of hydrogen-bond acceptors (Lipinski definition) is 4. The van der Waals surface area contributed by atoms with Gasteiger partial charge in [0.2, 0.25) is 0 Å². The highest BCUT2D eigenvalue weighted by Gasteiger charge is 2.22. The molecule has 78 valence electrons. The summed E-state index contributed by atoms with van der Waals surface area (Å²) in [6, 6.07) is 1.57. The van der Waals surface area contributed by atoms with Gasteiger partial charge in [0.15, 0.2) is 12.0 Å². The minimum Gasteiger partial charge on any atom is -0.494 e. The van der Waals surface area contributed by atoms with Crippen LogP contribution >= 0.6 is 0 Å². The van der Waals surface area contributed by atoms with E-state index in [1.165, 1.54) is 7.11 Å². The van der Waals surface area contributed by atoms with Gasteiger partial charge in [0, 0.05) is 0 Å². The minimum atomic E-state index is -2.94. The van der Waals surface area contributed by atoms with Crippen LogP contribution in [0.25, 0.3) is 0 Å². The molecule has 0 aliphatic carbocycles. The molecule has 4 nitrogen and oxygen atoms in total. The molecule has 15 heavy (non-hydrogen) atoms. The third kappa shape index (κ3) is 1.91. The van der Waals surface area contributed by atoms with Crippen LogP contribution in [0.1, 0.15) is 28.0 Å². The summed E-state index contributed by atoms with van der Waals surface area (Å²) in [5.41, 5.74) is -1.49. The lowest BCUT2D eigenvalue weighted by atomic mass is 10.1. The second kappa shape index (κ2) is 4.46. The highest BCUT2D eigenvalue weighted by molar-refractivity contribution is 5.76. The Bertz CT molecular complexity index is 427. The average Bonchev–Trinajstić information content (AvgIpc) is 2.26. The van der Waals surface area contributed by atoms with Gasteiger partial charge in [-0.15, -0.1) is 0 Å². The number of nitriles is 1. The number of aldehydes is 1. The maximum atomic E-state index is 12.6. The number of methoxy groups -OCH3 is 1. The van der Waals surface area contributed by atoms with E-state index in [9.17, 15) is 13.6 Å². The van der Waals surface area contributed by atoms with Crippen molar-refractivity contribution in [1.82, 2.24) is 4.98 Å². The van der Waals surface area contributed by atoms with E-state index < -0.39 is 17.7 Å². The number of alkyl halides is 2. The Labute approximate surface area is 84.1 Å².